The minimum atomic E-state index is -0.0808. The van der Waals surface area contributed by atoms with Crippen molar-refractivity contribution in [2.75, 3.05) is 36.5 Å². The predicted molar refractivity (Wildman–Crippen MR) is 79.4 cm³/mol. The molecule has 3 rings (SSSR count). The fraction of sp³-hybridized carbons (Fsp3) is 0.571. The van der Waals surface area contributed by atoms with Crippen molar-refractivity contribution in [1.29, 1.82) is 0 Å². The molecule has 0 aromatic carbocycles. The first-order valence-electron chi connectivity index (χ1n) is 7.05. The Morgan fingerprint density at radius 1 is 1.45 bits per heavy atom. The Bertz CT molecular complexity index is 607. The first-order valence-corrected chi connectivity index (χ1v) is 7.05. The van der Waals surface area contributed by atoms with Gasteiger partial charge in [0, 0.05) is 25.5 Å². The van der Waals surface area contributed by atoms with Crippen LogP contribution in [0.15, 0.2) is 18.6 Å². The Balaban J connectivity index is 2.10. The number of rotatable bonds is 3. The largest absolute Gasteiger partial charge is 0.377 e. The maximum Gasteiger partial charge on any atom is 0.180 e. The third-order valence-electron chi connectivity index (χ3n) is 3.62. The number of hydrogen-bond acceptors (Lipinski definition) is 5. The molecule has 2 aromatic rings. The lowest BCUT2D eigenvalue weighted by Crippen LogP contribution is -2.53. The van der Waals surface area contributed by atoms with E-state index in [1.165, 1.54) is 0 Å². The summed E-state index contributed by atoms with van der Waals surface area (Å²) in [6.07, 6.45) is 5.74. The standard InChI is InChI=1S/C14H21N5O/c1-4-15-11-9-18-6-5-16-12(18)13(17-11)19-7-8-20-10-14(19,2)3/h5-6,9,15H,4,7-8,10H2,1-3H3. The molecule has 6 heteroatoms. The summed E-state index contributed by atoms with van der Waals surface area (Å²) in [6.45, 7) is 9.52. The minimum Gasteiger partial charge on any atom is -0.377 e. The SMILES string of the molecule is CCNc1cn2ccnc2c(N2CCOCC2(C)C)n1. The highest BCUT2D eigenvalue weighted by Crippen LogP contribution is 2.29. The molecule has 3 heterocycles. The van der Waals surface area contributed by atoms with Crippen molar-refractivity contribution in [1.82, 2.24) is 14.4 Å². The molecule has 1 N–H and O–H groups in total. The van der Waals surface area contributed by atoms with E-state index < -0.39 is 0 Å². The molecule has 20 heavy (non-hydrogen) atoms. The van der Waals surface area contributed by atoms with Crippen LogP contribution in [-0.2, 0) is 4.74 Å². The number of nitrogens with zero attached hydrogens (tertiary/aromatic N) is 4. The Kier molecular flexibility index (Phi) is 3.25. The fourth-order valence-corrected chi connectivity index (χ4v) is 2.61. The minimum absolute atomic E-state index is 0.0808. The van der Waals surface area contributed by atoms with Crippen molar-refractivity contribution in [3.63, 3.8) is 0 Å². The zero-order valence-electron chi connectivity index (χ0n) is 12.3. The molecule has 0 amide bonds. The van der Waals surface area contributed by atoms with Gasteiger partial charge in [0.25, 0.3) is 0 Å². The number of ether oxygens (including phenoxy) is 1. The van der Waals surface area contributed by atoms with Crippen molar-refractivity contribution in [3.8, 4) is 0 Å². The quantitative estimate of drug-likeness (QED) is 0.925. The molecule has 0 saturated carbocycles. The lowest BCUT2D eigenvalue weighted by molar-refractivity contribution is 0.0640. The highest BCUT2D eigenvalue weighted by atomic mass is 16.5. The summed E-state index contributed by atoms with van der Waals surface area (Å²) in [5, 5.41) is 3.28. The Morgan fingerprint density at radius 3 is 3.05 bits per heavy atom. The second-order valence-corrected chi connectivity index (χ2v) is 5.65. The van der Waals surface area contributed by atoms with Gasteiger partial charge in [-0.1, -0.05) is 0 Å². The molecule has 108 valence electrons. The average Bonchev–Trinajstić information content (AvgIpc) is 2.86. The van der Waals surface area contributed by atoms with E-state index in [1.54, 1.807) is 0 Å². The van der Waals surface area contributed by atoms with Crippen LogP contribution in [0.25, 0.3) is 5.65 Å². The molecule has 0 spiro atoms. The Labute approximate surface area is 118 Å². The van der Waals surface area contributed by atoms with Crippen LogP contribution in [0.3, 0.4) is 0 Å². The second kappa shape index (κ2) is 4.94. The van der Waals surface area contributed by atoms with Crippen LogP contribution >= 0.6 is 0 Å². The van der Waals surface area contributed by atoms with Crippen molar-refractivity contribution in [3.05, 3.63) is 18.6 Å². The molecule has 1 aliphatic rings. The van der Waals surface area contributed by atoms with Gasteiger partial charge in [0.05, 0.1) is 24.9 Å². The van der Waals surface area contributed by atoms with E-state index in [1.807, 2.05) is 23.0 Å². The Morgan fingerprint density at radius 2 is 2.30 bits per heavy atom. The van der Waals surface area contributed by atoms with E-state index in [0.29, 0.717) is 6.61 Å². The number of imidazole rings is 1. The zero-order valence-corrected chi connectivity index (χ0v) is 12.3. The third-order valence-corrected chi connectivity index (χ3v) is 3.62. The highest BCUT2D eigenvalue weighted by molar-refractivity contribution is 5.68. The molecule has 1 fully saturated rings. The molecule has 6 nitrogen and oxygen atoms in total. The van der Waals surface area contributed by atoms with Crippen LogP contribution in [0.4, 0.5) is 11.6 Å². The number of hydrogen-bond donors (Lipinski definition) is 1. The van der Waals surface area contributed by atoms with Gasteiger partial charge in [0.1, 0.15) is 5.82 Å². The lowest BCUT2D eigenvalue weighted by atomic mass is 10.0. The molecule has 2 aromatic heterocycles. The number of fused-ring (bicyclic) bond motifs is 1. The Hall–Kier alpha value is -1.82. The smallest absolute Gasteiger partial charge is 0.180 e. The molecule has 1 saturated heterocycles. The molecule has 0 aliphatic carbocycles. The van der Waals surface area contributed by atoms with Crippen LogP contribution in [0.5, 0.6) is 0 Å². The van der Waals surface area contributed by atoms with E-state index >= 15 is 0 Å². The van der Waals surface area contributed by atoms with Crippen molar-refractivity contribution < 1.29 is 4.74 Å². The van der Waals surface area contributed by atoms with Gasteiger partial charge < -0.3 is 19.4 Å². The van der Waals surface area contributed by atoms with E-state index in [0.717, 1.165) is 37.0 Å². The van der Waals surface area contributed by atoms with Gasteiger partial charge in [-0.2, -0.15) is 0 Å². The van der Waals surface area contributed by atoms with E-state index in [-0.39, 0.29) is 5.54 Å². The van der Waals surface area contributed by atoms with Gasteiger partial charge in [0.2, 0.25) is 0 Å². The summed E-state index contributed by atoms with van der Waals surface area (Å²) in [6, 6.07) is 0. The molecule has 0 unspecified atom stereocenters. The summed E-state index contributed by atoms with van der Waals surface area (Å²) >= 11 is 0. The van der Waals surface area contributed by atoms with E-state index in [9.17, 15) is 0 Å². The number of aromatic nitrogens is 3. The van der Waals surface area contributed by atoms with Gasteiger partial charge in [-0.25, -0.2) is 9.97 Å². The summed E-state index contributed by atoms with van der Waals surface area (Å²) < 4.78 is 7.62. The molecule has 0 radical (unpaired) electrons. The number of morpholine rings is 1. The topological polar surface area (TPSA) is 54.7 Å². The summed E-state index contributed by atoms with van der Waals surface area (Å²) in [4.78, 5) is 11.5. The van der Waals surface area contributed by atoms with Gasteiger partial charge in [-0.05, 0) is 20.8 Å². The molecule has 0 bridgehead atoms. The molecular weight excluding hydrogens is 254 g/mol. The number of anilines is 2. The normalized spacial score (nSPS) is 18.4. The zero-order chi connectivity index (χ0) is 14.2. The summed E-state index contributed by atoms with van der Waals surface area (Å²) in [5.74, 6) is 1.79. The van der Waals surface area contributed by atoms with E-state index in [4.69, 9.17) is 9.72 Å². The van der Waals surface area contributed by atoms with Gasteiger partial charge in [-0.3, -0.25) is 0 Å². The van der Waals surface area contributed by atoms with Gasteiger partial charge in [0.15, 0.2) is 11.5 Å². The third kappa shape index (κ3) is 2.20. The van der Waals surface area contributed by atoms with Crippen LogP contribution in [-0.4, -0.2) is 46.2 Å². The van der Waals surface area contributed by atoms with Crippen molar-refractivity contribution in [2.45, 2.75) is 26.3 Å². The first kappa shape index (κ1) is 13.2. The second-order valence-electron chi connectivity index (χ2n) is 5.65. The van der Waals surface area contributed by atoms with Crippen molar-refractivity contribution in [2.24, 2.45) is 0 Å². The average molecular weight is 275 g/mol. The van der Waals surface area contributed by atoms with Gasteiger partial charge >= 0.3 is 0 Å². The lowest BCUT2D eigenvalue weighted by Gasteiger charge is -2.42. The summed E-state index contributed by atoms with van der Waals surface area (Å²) in [7, 11) is 0. The van der Waals surface area contributed by atoms with Crippen LogP contribution in [0.1, 0.15) is 20.8 Å². The predicted octanol–water partition coefficient (Wildman–Crippen LogP) is 1.78. The number of nitrogens with one attached hydrogen (secondary N) is 1. The van der Waals surface area contributed by atoms with Crippen LogP contribution in [0, 0.1) is 0 Å². The van der Waals surface area contributed by atoms with Crippen LogP contribution in [0.2, 0.25) is 0 Å². The van der Waals surface area contributed by atoms with Gasteiger partial charge in [-0.15, -0.1) is 0 Å². The molecule has 0 atom stereocenters. The summed E-state index contributed by atoms with van der Waals surface area (Å²) in [5.41, 5.74) is 0.810. The maximum absolute atomic E-state index is 5.60. The van der Waals surface area contributed by atoms with Crippen LogP contribution < -0.4 is 10.2 Å². The molecule has 1 aliphatic heterocycles. The highest BCUT2D eigenvalue weighted by Gasteiger charge is 2.33. The molecular formula is C14H21N5O. The first-order chi connectivity index (χ1) is 9.62. The maximum atomic E-state index is 5.60. The monoisotopic (exact) mass is 275 g/mol. The van der Waals surface area contributed by atoms with E-state index in [2.05, 4.69) is 36.0 Å². The van der Waals surface area contributed by atoms with Crippen molar-refractivity contribution >= 4 is 17.3 Å². The fourth-order valence-electron chi connectivity index (χ4n) is 2.61.